The Labute approximate surface area is 209 Å². The van der Waals surface area contributed by atoms with E-state index in [4.69, 9.17) is 21.7 Å². The molecule has 8 nitrogen and oxygen atoms in total. The molecule has 1 aliphatic heterocycles. The zero-order valence-corrected chi connectivity index (χ0v) is 21.0. The van der Waals surface area contributed by atoms with Crippen LogP contribution in [0.3, 0.4) is 0 Å². The number of aryl methyl sites for hydroxylation is 1. The summed E-state index contributed by atoms with van der Waals surface area (Å²) >= 11 is 5.70. The van der Waals surface area contributed by atoms with Crippen LogP contribution >= 0.6 is 12.2 Å². The van der Waals surface area contributed by atoms with Crippen LogP contribution in [0.2, 0.25) is 0 Å². The van der Waals surface area contributed by atoms with Gasteiger partial charge in [0.15, 0.2) is 5.11 Å². The van der Waals surface area contributed by atoms with Gasteiger partial charge in [-0.25, -0.2) is 4.79 Å². The number of aromatic nitrogens is 2. The second kappa shape index (κ2) is 10.3. The quantitative estimate of drug-likeness (QED) is 0.394. The maximum absolute atomic E-state index is 12.1. The van der Waals surface area contributed by atoms with E-state index in [1.807, 2.05) is 55.1 Å². The standard InChI is InChI=1S/C26H28N4O4S/c1-16-14-20(17(2)30(16)19-9-7-8-18(15-19)25(32)34-4)24-23(21-10-5-6-12-27-21)28-26(35)29(24)13-11-22(31)33-3/h5-10,12,14-15,23-24H,11,13H2,1-4H3,(H,28,35)/t23-,24+/m1/s1. The first-order valence-corrected chi connectivity index (χ1v) is 11.7. The van der Waals surface area contributed by atoms with Crippen molar-refractivity contribution in [2.75, 3.05) is 20.8 Å². The summed E-state index contributed by atoms with van der Waals surface area (Å²) < 4.78 is 11.9. The molecule has 2 atom stereocenters. The third kappa shape index (κ3) is 4.77. The highest BCUT2D eigenvalue weighted by molar-refractivity contribution is 7.80. The minimum atomic E-state index is -0.385. The van der Waals surface area contributed by atoms with Gasteiger partial charge in [0.1, 0.15) is 0 Å². The number of hydrogen-bond donors (Lipinski definition) is 1. The number of ether oxygens (including phenoxy) is 2. The van der Waals surface area contributed by atoms with Crippen LogP contribution in [-0.2, 0) is 14.3 Å². The molecule has 3 heterocycles. The maximum atomic E-state index is 12.1. The normalized spacial score (nSPS) is 17.3. The van der Waals surface area contributed by atoms with Crippen molar-refractivity contribution < 1.29 is 19.1 Å². The summed E-state index contributed by atoms with van der Waals surface area (Å²) in [5.41, 5.74) is 5.26. The molecule has 0 radical (unpaired) electrons. The monoisotopic (exact) mass is 492 g/mol. The average molecular weight is 493 g/mol. The predicted octanol–water partition coefficient (Wildman–Crippen LogP) is 3.81. The number of pyridine rings is 1. The second-order valence-electron chi connectivity index (χ2n) is 8.35. The molecular formula is C26H28N4O4S. The summed E-state index contributed by atoms with van der Waals surface area (Å²) in [7, 11) is 2.75. The summed E-state index contributed by atoms with van der Waals surface area (Å²) in [5.74, 6) is -0.679. The van der Waals surface area contributed by atoms with Gasteiger partial charge in [0.2, 0.25) is 0 Å². The molecule has 0 unspecified atom stereocenters. The van der Waals surface area contributed by atoms with E-state index in [0.717, 1.165) is 28.3 Å². The van der Waals surface area contributed by atoms with Gasteiger partial charge in [-0.05, 0) is 68.0 Å². The van der Waals surface area contributed by atoms with Gasteiger partial charge in [-0.3, -0.25) is 9.78 Å². The Balaban J connectivity index is 1.79. The average Bonchev–Trinajstić information content (AvgIpc) is 3.36. The van der Waals surface area contributed by atoms with Gasteiger partial charge in [-0.1, -0.05) is 12.1 Å². The Morgan fingerprint density at radius 3 is 2.57 bits per heavy atom. The van der Waals surface area contributed by atoms with E-state index in [0.29, 0.717) is 17.2 Å². The maximum Gasteiger partial charge on any atom is 0.337 e. The molecule has 35 heavy (non-hydrogen) atoms. The number of hydrogen-bond acceptors (Lipinski definition) is 6. The Kier molecular flexibility index (Phi) is 7.16. The smallest absolute Gasteiger partial charge is 0.337 e. The number of nitrogens with zero attached hydrogens (tertiary/aromatic N) is 3. The van der Waals surface area contributed by atoms with Gasteiger partial charge in [0.25, 0.3) is 0 Å². The lowest BCUT2D eigenvalue weighted by molar-refractivity contribution is -0.140. The lowest BCUT2D eigenvalue weighted by atomic mass is 9.96. The van der Waals surface area contributed by atoms with Crippen molar-refractivity contribution in [3.63, 3.8) is 0 Å². The van der Waals surface area contributed by atoms with Crippen LogP contribution in [-0.4, -0.2) is 52.3 Å². The molecule has 1 N–H and O–H groups in total. The van der Waals surface area contributed by atoms with E-state index in [1.54, 1.807) is 12.3 Å². The Hall–Kier alpha value is -3.72. The summed E-state index contributed by atoms with van der Waals surface area (Å²) in [6.45, 7) is 4.48. The molecule has 3 aromatic rings. The number of carbonyl (C=O) groups excluding carboxylic acids is 2. The third-order valence-electron chi connectivity index (χ3n) is 6.30. The zero-order chi connectivity index (χ0) is 25.1. The largest absolute Gasteiger partial charge is 0.469 e. The molecule has 9 heteroatoms. The van der Waals surface area contributed by atoms with Crippen LogP contribution in [0.15, 0.2) is 54.7 Å². The van der Waals surface area contributed by atoms with Crippen molar-refractivity contribution in [1.29, 1.82) is 0 Å². The molecule has 0 bridgehead atoms. The zero-order valence-electron chi connectivity index (χ0n) is 20.1. The number of rotatable bonds is 7. The predicted molar refractivity (Wildman–Crippen MR) is 135 cm³/mol. The minimum absolute atomic E-state index is 0.189. The third-order valence-corrected chi connectivity index (χ3v) is 6.65. The Morgan fingerprint density at radius 1 is 1.09 bits per heavy atom. The number of nitrogens with one attached hydrogen (secondary N) is 1. The number of esters is 2. The molecule has 0 saturated carbocycles. The molecule has 0 aliphatic carbocycles. The van der Waals surface area contributed by atoms with Crippen molar-refractivity contribution in [2.24, 2.45) is 0 Å². The van der Waals surface area contributed by atoms with E-state index in [1.165, 1.54) is 14.2 Å². The summed E-state index contributed by atoms with van der Waals surface area (Å²) in [6.07, 6.45) is 1.97. The van der Waals surface area contributed by atoms with Crippen molar-refractivity contribution in [3.05, 3.63) is 82.9 Å². The van der Waals surface area contributed by atoms with Crippen molar-refractivity contribution in [1.82, 2.24) is 19.8 Å². The van der Waals surface area contributed by atoms with E-state index < -0.39 is 0 Å². The van der Waals surface area contributed by atoms with Crippen LogP contribution in [0.5, 0.6) is 0 Å². The SMILES string of the molecule is COC(=O)CCN1C(=S)N[C@H](c2ccccn2)[C@@H]1c1cc(C)n(-c2cccc(C(=O)OC)c2)c1C. The number of thiocarbonyl (C=S) groups is 1. The second-order valence-corrected chi connectivity index (χ2v) is 8.74. The van der Waals surface area contributed by atoms with Crippen LogP contribution in [0.25, 0.3) is 5.69 Å². The van der Waals surface area contributed by atoms with Crippen LogP contribution in [0.4, 0.5) is 0 Å². The fourth-order valence-electron chi connectivity index (χ4n) is 4.67. The molecule has 1 aromatic carbocycles. The first-order valence-electron chi connectivity index (χ1n) is 11.3. The summed E-state index contributed by atoms with van der Waals surface area (Å²) in [6, 6.07) is 14.9. The summed E-state index contributed by atoms with van der Waals surface area (Å²) in [5, 5.41) is 3.97. The highest BCUT2D eigenvalue weighted by Crippen LogP contribution is 2.41. The molecule has 0 spiro atoms. The van der Waals surface area contributed by atoms with E-state index in [2.05, 4.69) is 20.9 Å². The molecular weight excluding hydrogens is 464 g/mol. The fraction of sp³-hybridized carbons (Fsp3) is 0.308. The minimum Gasteiger partial charge on any atom is -0.469 e. The van der Waals surface area contributed by atoms with Gasteiger partial charge >= 0.3 is 11.9 Å². The number of benzene rings is 1. The first-order chi connectivity index (χ1) is 16.8. The van der Waals surface area contributed by atoms with E-state index in [9.17, 15) is 9.59 Å². The molecule has 0 amide bonds. The molecule has 1 saturated heterocycles. The fourth-order valence-corrected chi connectivity index (χ4v) is 5.00. The first kappa shape index (κ1) is 24.4. The molecule has 182 valence electrons. The van der Waals surface area contributed by atoms with Gasteiger partial charge in [0, 0.05) is 29.8 Å². The molecule has 4 rings (SSSR count). The van der Waals surface area contributed by atoms with Gasteiger partial charge in [-0.2, -0.15) is 0 Å². The lowest BCUT2D eigenvalue weighted by Crippen LogP contribution is -2.32. The van der Waals surface area contributed by atoms with Crippen molar-refractivity contribution in [2.45, 2.75) is 32.4 Å². The van der Waals surface area contributed by atoms with E-state index in [-0.39, 0.29) is 30.4 Å². The van der Waals surface area contributed by atoms with Crippen LogP contribution in [0.1, 0.15) is 51.5 Å². The highest BCUT2D eigenvalue weighted by Gasteiger charge is 2.41. The number of carbonyl (C=O) groups is 2. The highest BCUT2D eigenvalue weighted by atomic mass is 32.1. The Bertz CT molecular complexity index is 1260. The van der Waals surface area contributed by atoms with Crippen LogP contribution < -0.4 is 5.32 Å². The number of methoxy groups -OCH3 is 2. The topological polar surface area (TPSA) is 85.7 Å². The van der Waals surface area contributed by atoms with Gasteiger partial charge in [0.05, 0.1) is 44.0 Å². The van der Waals surface area contributed by atoms with Gasteiger partial charge in [-0.15, -0.1) is 0 Å². The van der Waals surface area contributed by atoms with Crippen LogP contribution in [0, 0.1) is 13.8 Å². The molecule has 1 fully saturated rings. The molecule has 1 aliphatic rings. The van der Waals surface area contributed by atoms with Crippen molar-refractivity contribution >= 4 is 29.3 Å². The Morgan fingerprint density at radius 2 is 1.89 bits per heavy atom. The summed E-state index contributed by atoms with van der Waals surface area (Å²) in [4.78, 5) is 30.6. The lowest BCUT2D eigenvalue weighted by Gasteiger charge is -2.28. The van der Waals surface area contributed by atoms with E-state index >= 15 is 0 Å². The molecule has 2 aromatic heterocycles. The van der Waals surface area contributed by atoms with Crippen molar-refractivity contribution in [3.8, 4) is 5.69 Å². The van der Waals surface area contributed by atoms with Gasteiger partial charge < -0.3 is 24.3 Å².